The van der Waals surface area contributed by atoms with E-state index in [-0.39, 0.29) is 36.7 Å². The molecule has 2 aromatic heterocycles. The minimum Gasteiger partial charge on any atom is -0.481 e. The first kappa shape index (κ1) is 25.1. The number of thiazole rings is 1. The van der Waals surface area contributed by atoms with Crippen molar-refractivity contribution in [3.8, 4) is 0 Å². The zero-order valence-corrected chi connectivity index (χ0v) is 20.1. The Kier molecular flexibility index (Phi) is 7.71. The van der Waals surface area contributed by atoms with E-state index in [0.29, 0.717) is 36.8 Å². The lowest BCUT2D eigenvalue weighted by Gasteiger charge is -2.46. The number of rotatable bonds is 9. The van der Waals surface area contributed by atoms with Crippen molar-refractivity contribution in [2.45, 2.75) is 51.6 Å². The van der Waals surface area contributed by atoms with Gasteiger partial charge in [0.25, 0.3) is 0 Å². The molecule has 2 unspecified atom stereocenters. The van der Waals surface area contributed by atoms with Gasteiger partial charge in [0.05, 0.1) is 12.1 Å². The maximum Gasteiger partial charge on any atom is 0.303 e. The average Bonchev–Trinajstić information content (AvgIpc) is 3.33. The monoisotopic (exact) mass is 504 g/mol. The Morgan fingerprint density at radius 3 is 2.80 bits per heavy atom. The summed E-state index contributed by atoms with van der Waals surface area (Å²) in [7, 11) is 0. The number of piperidine rings is 1. The number of pyridine rings is 1. The Morgan fingerprint density at radius 1 is 1.26 bits per heavy atom. The summed E-state index contributed by atoms with van der Waals surface area (Å²) < 4.78 is 42.8. The maximum absolute atomic E-state index is 14.8. The topological polar surface area (TPSA) is 78.3 Å². The van der Waals surface area contributed by atoms with Gasteiger partial charge in [0.2, 0.25) is 0 Å². The molecule has 3 heterocycles. The first-order chi connectivity index (χ1) is 16.8. The molecule has 0 aliphatic carbocycles. The van der Waals surface area contributed by atoms with Crippen molar-refractivity contribution in [1.29, 1.82) is 0 Å². The third-order valence-corrected chi connectivity index (χ3v) is 7.33. The van der Waals surface area contributed by atoms with Crippen molar-refractivity contribution in [2.75, 3.05) is 11.9 Å². The highest BCUT2D eigenvalue weighted by atomic mass is 32.1. The first-order valence-electron chi connectivity index (χ1n) is 11.5. The van der Waals surface area contributed by atoms with Gasteiger partial charge in [-0.15, -0.1) is 11.3 Å². The maximum atomic E-state index is 14.8. The van der Waals surface area contributed by atoms with Crippen LogP contribution in [-0.4, -0.2) is 38.5 Å². The fourth-order valence-corrected chi connectivity index (χ4v) is 5.46. The normalized spacial score (nSPS) is 20.6. The quantitative estimate of drug-likeness (QED) is 0.385. The molecule has 6 nitrogen and oxygen atoms in total. The van der Waals surface area contributed by atoms with Gasteiger partial charge in [0, 0.05) is 29.7 Å². The lowest BCUT2D eigenvalue weighted by molar-refractivity contribution is -0.141. The second-order valence-electron chi connectivity index (χ2n) is 9.03. The summed E-state index contributed by atoms with van der Waals surface area (Å²) in [6.45, 7) is 2.69. The molecular weight excluding hydrogens is 477 g/mol. The van der Waals surface area contributed by atoms with Gasteiger partial charge in [-0.1, -0.05) is 19.1 Å². The highest BCUT2D eigenvalue weighted by molar-refractivity contribution is 7.13. The van der Waals surface area contributed by atoms with Gasteiger partial charge >= 0.3 is 5.97 Å². The van der Waals surface area contributed by atoms with Gasteiger partial charge in [-0.25, -0.2) is 23.1 Å². The number of hydrogen-bond acceptors (Lipinski definition) is 6. The number of nitrogens with one attached hydrogen (secondary N) is 1. The average molecular weight is 505 g/mol. The zero-order valence-electron chi connectivity index (χ0n) is 19.3. The molecule has 10 heteroatoms. The van der Waals surface area contributed by atoms with Crippen molar-refractivity contribution in [2.24, 2.45) is 5.41 Å². The summed E-state index contributed by atoms with van der Waals surface area (Å²) >= 11 is 1.39. The van der Waals surface area contributed by atoms with Crippen molar-refractivity contribution in [1.82, 2.24) is 14.9 Å². The molecule has 2 N–H and O–H groups in total. The summed E-state index contributed by atoms with van der Waals surface area (Å²) in [6, 6.07) is 6.91. The van der Waals surface area contributed by atoms with E-state index in [9.17, 15) is 23.1 Å². The Balaban J connectivity index is 1.56. The molecule has 1 saturated heterocycles. The number of benzene rings is 1. The fraction of sp³-hybridized carbons (Fsp3) is 0.400. The van der Waals surface area contributed by atoms with E-state index in [0.717, 1.165) is 6.07 Å². The van der Waals surface area contributed by atoms with Gasteiger partial charge in [0.15, 0.2) is 16.8 Å². The Morgan fingerprint density at radius 2 is 2.09 bits per heavy atom. The van der Waals surface area contributed by atoms with E-state index >= 15 is 0 Å². The van der Waals surface area contributed by atoms with Gasteiger partial charge in [-0.2, -0.15) is 0 Å². The molecule has 0 saturated carbocycles. The minimum absolute atomic E-state index is 0.0644. The van der Waals surface area contributed by atoms with E-state index in [1.165, 1.54) is 29.5 Å². The molecule has 4 rings (SSSR count). The third kappa shape index (κ3) is 5.99. The third-order valence-electron chi connectivity index (χ3n) is 6.65. The van der Waals surface area contributed by atoms with Crippen LogP contribution in [0, 0.1) is 22.9 Å². The standard InChI is InChI=1S/C25H27F3N4O2S/c1-2-17-12-25(14-22(33)34,8-10-32(17)15-16-4-3-5-19(27)23(16)28)13-20-18(26)6-7-21(30-20)31-24-29-9-11-35-24/h3-7,9,11,17H,2,8,10,12-15H2,1H3,(H,33,34)(H,29,30,31). The van der Waals surface area contributed by atoms with Gasteiger partial charge in [-0.3, -0.25) is 9.69 Å². The number of nitrogens with zero attached hydrogens (tertiary/aromatic N) is 3. The van der Waals surface area contributed by atoms with Crippen LogP contribution in [0.1, 0.15) is 43.9 Å². The molecule has 1 aliphatic heterocycles. The van der Waals surface area contributed by atoms with E-state index in [4.69, 9.17) is 0 Å². The van der Waals surface area contributed by atoms with Crippen LogP contribution in [0.15, 0.2) is 41.9 Å². The SMILES string of the molecule is CCC1CC(CC(=O)O)(Cc2nc(Nc3nccs3)ccc2F)CCN1Cc1cccc(F)c1F. The number of carboxylic acids is 1. The zero-order chi connectivity index (χ0) is 25.0. The summed E-state index contributed by atoms with van der Waals surface area (Å²) in [5, 5.41) is 15.2. The minimum atomic E-state index is -0.957. The van der Waals surface area contributed by atoms with Crippen LogP contribution in [0.3, 0.4) is 0 Å². The number of hydrogen-bond donors (Lipinski definition) is 2. The Hall–Kier alpha value is -2.98. The fourth-order valence-electron chi connectivity index (χ4n) is 4.93. The second-order valence-corrected chi connectivity index (χ2v) is 9.93. The van der Waals surface area contributed by atoms with Crippen molar-refractivity contribution in [3.63, 3.8) is 0 Å². The van der Waals surface area contributed by atoms with Crippen molar-refractivity contribution in [3.05, 3.63) is 70.6 Å². The van der Waals surface area contributed by atoms with E-state index in [1.54, 1.807) is 12.3 Å². The summed E-state index contributed by atoms with van der Waals surface area (Å²) in [6.07, 6.45) is 3.33. The van der Waals surface area contributed by atoms with Crippen LogP contribution >= 0.6 is 11.3 Å². The van der Waals surface area contributed by atoms with E-state index in [1.807, 2.05) is 12.3 Å². The molecule has 1 aromatic carbocycles. The molecule has 2 atom stereocenters. The second kappa shape index (κ2) is 10.7. The van der Waals surface area contributed by atoms with E-state index < -0.39 is 28.8 Å². The number of carbonyl (C=O) groups is 1. The lowest BCUT2D eigenvalue weighted by atomic mass is 9.69. The van der Waals surface area contributed by atoms with Crippen LogP contribution in [0.4, 0.5) is 24.1 Å². The molecule has 1 aliphatic rings. The van der Waals surface area contributed by atoms with Crippen LogP contribution in [-0.2, 0) is 17.8 Å². The van der Waals surface area contributed by atoms with Crippen LogP contribution in [0.2, 0.25) is 0 Å². The molecule has 35 heavy (non-hydrogen) atoms. The predicted molar refractivity (Wildman–Crippen MR) is 128 cm³/mol. The predicted octanol–water partition coefficient (Wildman–Crippen LogP) is 5.78. The Labute approximate surface area is 205 Å². The van der Waals surface area contributed by atoms with Crippen LogP contribution < -0.4 is 5.32 Å². The van der Waals surface area contributed by atoms with Gasteiger partial charge < -0.3 is 10.4 Å². The van der Waals surface area contributed by atoms with E-state index in [2.05, 4.69) is 20.2 Å². The molecule has 186 valence electrons. The van der Waals surface area contributed by atoms with Crippen molar-refractivity contribution >= 4 is 28.3 Å². The smallest absolute Gasteiger partial charge is 0.303 e. The van der Waals surface area contributed by atoms with Gasteiger partial charge in [-0.05, 0) is 55.8 Å². The summed E-state index contributed by atoms with van der Waals surface area (Å²) in [5.74, 6) is -2.76. The lowest BCUT2D eigenvalue weighted by Crippen LogP contribution is -2.48. The molecule has 0 spiro atoms. The highest BCUT2D eigenvalue weighted by Crippen LogP contribution is 2.43. The highest BCUT2D eigenvalue weighted by Gasteiger charge is 2.42. The largest absolute Gasteiger partial charge is 0.481 e. The molecule has 0 bridgehead atoms. The molecule has 3 aromatic rings. The molecular formula is C25H27F3N4O2S. The Bertz CT molecular complexity index is 1180. The number of aromatic nitrogens is 2. The summed E-state index contributed by atoms with van der Waals surface area (Å²) in [4.78, 5) is 22.5. The van der Waals surface area contributed by atoms with Crippen LogP contribution in [0.5, 0.6) is 0 Å². The molecule has 1 fully saturated rings. The van der Waals surface area contributed by atoms with Gasteiger partial charge in [0.1, 0.15) is 11.6 Å². The number of aliphatic carboxylic acids is 1. The van der Waals surface area contributed by atoms with Crippen molar-refractivity contribution < 1.29 is 23.1 Å². The molecule has 0 amide bonds. The number of carboxylic acid groups (broad SMARTS) is 1. The number of likely N-dealkylation sites (tertiary alicyclic amines) is 1. The molecule has 0 radical (unpaired) electrons. The first-order valence-corrected chi connectivity index (χ1v) is 12.4. The summed E-state index contributed by atoms with van der Waals surface area (Å²) in [5.41, 5.74) is -0.243. The van der Waals surface area contributed by atoms with Crippen LogP contribution in [0.25, 0.3) is 0 Å². The number of halogens is 3. The number of anilines is 2.